The number of fused-ring (bicyclic) bond motifs is 1. The molecule has 2 aromatic heterocycles. The standard InChI is InChI=1S/C20H18N4OS2/c1-2-11-25-17-10-6-9-16(12-17)19-23-24-18(21-22-20(24)27-19)14-26-13-15-7-4-3-5-8-15/h2-10,12H,1,11,13-14H2. The number of hydrogen-bond acceptors (Lipinski definition) is 6. The third-order valence-corrected chi connectivity index (χ3v) is 5.79. The third kappa shape index (κ3) is 4.20. The van der Waals surface area contributed by atoms with Gasteiger partial charge in [-0.3, -0.25) is 0 Å². The molecule has 0 unspecified atom stereocenters. The first-order valence-electron chi connectivity index (χ1n) is 8.50. The van der Waals surface area contributed by atoms with Gasteiger partial charge in [-0.05, 0) is 17.7 Å². The van der Waals surface area contributed by atoms with Gasteiger partial charge in [-0.1, -0.05) is 66.5 Å². The van der Waals surface area contributed by atoms with Crippen molar-refractivity contribution >= 4 is 28.1 Å². The number of nitrogens with zero attached hydrogens (tertiary/aromatic N) is 4. The summed E-state index contributed by atoms with van der Waals surface area (Å²) in [4.78, 5) is 0.803. The van der Waals surface area contributed by atoms with Gasteiger partial charge in [0.2, 0.25) is 4.96 Å². The maximum atomic E-state index is 5.61. The van der Waals surface area contributed by atoms with Crippen molar-refractivity contribution in [3.63, 3.8) is 0 Å². The number of ether oxygens (including phenoxy) is 1. The van der Waals surface area contributed by atoms with Gasteiger partial charge in [0.05, 0.1) is 5.75 Å². The van der Waals surface area contributed by atoms with Gasteiger partial charge >= 0.3 is 0 Å². The minimum atomic E-state index is 0.483. The zero-order chi connectivity index (χ0) is 18.5. The summed E-state index contributed by atoms with van der Waals surface area (Å²) < 4.78 is 7.45. The minimum Gasteiger partial charge on any atom is -0.490 e. The molecule has 0 saturated heterocycles. The van der Waals surface area contributed by atoms with Gasteiger partial charge in [-0.2, -0.15) is 9.61 Å². The lowest BCUT2D eigenvalue weighted by Gasteiger charge is -2.04. The second kappa shape index (κ2) is 8.37. The third-order valence-electron chi connectivity index (χ3n) is 3.85. The molecule has 0 saturated carbocycles. The number of benzene rings is 2. The van der Waals surface area contributed by atoms with Crippen LogP contribution in [0.25, 0.3) is 15.5 Å². The molecule has 0 radical (unpaired) electrons. The summed E-state index contributed by atoms with van der Waals surface area (Å²) in [6, 6.07) is 18.3. The lowest BCUT2D eigenvalue weighted by Crippen LogP contribution is -1.95. The van der Waals surface area contributed by atoms with E-state index in [0.29, 0.717) is 6.61 Å². The Balaban J connectivity index is 1.49. The first-order valence-corrected chi connectivity index (χ1v) is 10.5. The topological polar surface area (TPSA) is 52.3 Å². The van der Waals surface area contributed by atoms with Crippen LogP contribution in [0.2, 0.25) is 0 Å². The van der Waals surface area contributed by atoms with Crippen LogP contribution in [0.15, 0.2) is 67.3 Å². The van der Waals surface area contributed by atoms with E-state index in [9.17, 15) is 0 Å². The first-order chi connectivity index (χ1) is 13.3. The van der Waals surface area contributed by atoms with Crippen molar-refractivity contribution in [2.45, 2.75) is 11.5 Å². The number of rotatable bonds is 8. The Morgan fingerprint density at radius 1 is 1.07 bits per heavy atom. The molecule has 0 N–H and O–H groups in total. The van der Waals surface area contributed by atoms with E-state index >= 15 is 0 Å². The predicted octanol–water partition coefficient (Wildman–Crippen LogP) is 4.85. The second-order valence-corrected chi connectivity index (χ2v) is 7.77. The fraction of sp³-hybridized carbons (Fsp3) is 0.150. The van der Waals surface area contributed by atoms with E-state index in [4.69, 9.17) is 9.84 Å². The van der Waals surface area contributed by atoms with Crippen molar-refractivity contribution < 1.29 is 4.74 Å². The Morgan fingerprint density at radius 2 is 1.96 bits per heavy atom. The molecule has 0 bridgehead atoms. The normalized spacial score (nSPS) is 11.0. The number of thioether (sulfide) groups is 1. The molecule has 7 heteroatoms. The highest BCUT2D eigenvalue weighted by molar-refractivity contribution is 7.97. The molecule has 136 valence electrons. The van der Waals surface area contributed by atoms with Crippen LogP contribution in [0, 0.1) is 0 Å². The van der Waals surface area contributed by atoms with Gasteiger partial charge in [-0.15, -0.1) is 22.0 Å². The first kappa shape index (κ1) is 17.8. The molecule has 0 spiro atoms. The summed E-state index contributed by atoms with van der Waals surface area (Å²) >= 11 is 3.33. The highest BCUT2D eigenvalue weighted by Crippen LogP contribution is 2.29. The maximum absolute atomic E-state index is 5.61. The van der Waals surface area contributed by atoms with Crippen LogP contribution < -0.4 is 4.74 Å². The molecular weight excluding hydrogens is 376 g/mol. The van der Waals surface area contributed by atoms with E-state index in [1.54, 1.807) is 6.08 Å². The molecule has 0 atom stereocenters. The molecule has 0 aliphatic carbocycles. The van der Waals surface area contributed by atoms with Gasteiger partial charge in [-0.25, -0.2) is 0 Å². The van der Waals surface area contributed by atoms with Gasteiger partial charge in [0.15, 0.2) is 5.82 Å². The average Bonchev–Trinajstić information content (AvgIpc) is 3.29. The summed E-state index contributed by atoms with van der Waals surface area (Å²) in [5, 5.41) is 14.2. The summed E-state index contributed by atoms with van der Waals surface area (Å²) in [5.74, 6) is 3.38. The van der Waals surface area contributed by atoms with E-state index < -0.39 is 0 Å². The molecule has 2 aromatic carbocycles. The Kier molecular flexibility index (Phi) is 5.50. The van der Waals surface area contributed by atoms with Crippen LogP contribution in [0.1, 0.15) is 11.4 Å². The lowest BCUT2D eigenvalue weighted by molar-refractivity contribution is 0.363. The molecule has 5 nitrogen and oxygen atoms in total. The molecule has 0 fully saturated rings. The summed E-state index contributed by atoms with van der Waals surface area (Å²) in [5.41, 5.74) is 2.31. The molecule has 4 aromatic rings. The van der Waals surface area contributed by atoms with E-state index in [0.717, 1.165) is 38.6 Å². The predicted molar refractivity (Wildman–Crippen MR) is 111 cm³/mol. The zero-order valence-corrected chi connectivity index (χ0v) is 16.2. The zero-order valence-electron chi connectivity index (χ0n) is 14.6. The Bertz CT molecular complexity index is 1040. The Hall–Kier alpha value is -2.64. The molecule has 2 heterocycles. The monoisotopic (exact) mass is 394 g/mol. The van der Waals surface area contributed by atoms with E-state index in [-0.39, 0.29) is 0 Å². The quantitative estimate of drug-likeness (QED) is 0.400. The largest absolute Gasteiger partial charge is 0.490 e. The Morgan fingerprint density at radius 3 is 2.81 bits per heavy atom. The smallest absolute Gasteiger partial charge is 0.235 e. The molecule has 0 aliphatic rings. The van der Waals surface area contributed by atoms with Crippen molar-refractivity contribution in [2.75, 3.05) is 6.61 Å². The van der Waals surface area contributed by atoms with Crippen LogP contribution in [0.3, 0.4) is 0 Å². The fourth-order valence-corrected chi connectivity index (χ4v) is 4.32. The van der Waals surface area contributed by atoms with Crippen molar-refractivity contribution in [2.24, 2.45) is 0 Å². The van der Waals surface area contributed by atoms with Gasteiger partial charge < -0.3 is 4.74 Å². The van der Waals surface area contributed by atoms with Crippen molar-refractivity contribution in [3.05, 3.63) is 78.6 Å². The van der Waals surface area contributed by atoms with Crippen molar-refractivity contribution in [1.82, 2.24) is 19.8 Å². The van der Waals surface area contributed by atoms with E-state index in [2.05, 4.69) is 41.0 Å². The summed E-state index contributed by atoms with van der Waals surface area (Å²) in [6.45, 7) is 4.16. The minimum absolute atomic E-state index is 0.483. The van der Waals surface area contributed by atoms with Gasteiger partial charge in [0, 0.05) is 11.3 Å². The van der Waals surface area contributed by atoms with Crippen molar-refractivity contribution in [3.8, 4) is 16.3 Å². The van der Waals surface area contributed by atoms with E-state index in [1.807, 2.05) is 46.6 Å². The van der Waals surface area contributed by atoms with Crippen LogP contribution in [-0.4, -0.2) is 26.4 Å². The molecule has 27 heavy (non-hydrogen) atoms. The van der Waals surface area contributed by atoms with Crippen LogP contribution in [0.5, 0.6) is 5.75 Å². The molecule has 0 aliphatic heterocycles. The second-order valence-electron chi connectivity index (χ2n) is 5.82. The average molecular weight is 395 g/mol. The molecule has 0 amide bonds. The summed E-state index contributed by atoms with van der Waals surface area (Å²) in [7, 11) is 0. The van der Waals surface area contributed by atoms with Gasteiger partial charge in [0.25, 0.3) is 0 Å². The van der Waals surface area contributed by atoms with Crippen LogP contribution in [-0.2, 0) is 11.5 Å². The van der Waals surface area contributed by atoms with Crippen LogP contribution in [0.4, 0.5) is 0 Å². The number of aromatic nitrogens is 4. The van der Waals surface area contributed by atoms with E-state index in [1.165, 1.54) is 16.9 Å². The molecule has 4 rings (SSSR count). The number of hydrogen-bond donors (Lipinski definition) is 0. The highest BCUT2D eigenvalue weighted by Gasteiger charge is 2.13. The van der Waals surface area contributed by atoms with Crippen LogP contribution >= 0.6 is 23.1 Å². The fourth-order valence-electron chi connectivity index (χ4n) is 2.57. The van der Waals surface area contributed by atoms with Gasteiger partial charge in [0.1, 0.15) is 17.4 Å². The SMILES string of the molecule is C=CCOc1cccc(-c2nn3c(CSCc4ccccc4)nnc3s2)c1. The Labute approximate surface area is 165 Å². The maximum Gasteiger partial charge on any atom is 0.235 e. The molecular formula is C20H18N4OS2. The lowest BCUT2D eigenvalue weighted by atomic mass is 10.2. The van der Waals surface area contributed by atoms with Crippen molar-refractivity contribution in [1.29, 1.82) is 0 Å². The summed E-state index contributed by atoms with van der Waals surface area (Å²) in [6.07, 6.45) is 1.73. The highest BCUT2D eigenvalue weighted by atomic mass is 32.2.